The molecule has 1 unspecified atom stereocenters. The van der Waals surface area contributed by atoms with Gasteiger partial charge in [-0.15, -0.1) is 11.8 Å². The van der Waals surface area contributed by atoms with Crippen molar-refractivity contribution in [3.8, 4) is 0 Å². The van der Waals surface area contributed by atoms with Gasteiger partial charge in [-0.05, 0) is 30.7 Å². The minimum absolute atomic E-state index is 0.237. The predicted molar refractivity (Wildman–Crippen MR) is 65.4 cm³/mol. The van der Waals surface area contributed by atoms with E-state index in [4.69, 9.17) is 5.11 Å². The summed E-state index contributed by atoms with van der Waals surface area (Å²) in [6.45, 7) is 1.90. The average Bonchev–Trinajstić information content (AvgIpc) is 2.35. The van der Waals surface area contributed by atoms with Gasteiger partial charge < -0.3 is 9.84 Å². The van der Waals surface area contributed by atoms with Gasteiger partial charge in [0.15, 0.2) is 0 Å². The topological polar surface area (TPSA) is 63.6 Å². The number of ether oxygens (including phenoxy) is 1. The van der Waals surface area contributed by atoms with Crippen LogP contribution < -0.4 is 0 Å². The molecule has 0 aliphatic rings. The molecule has 5 heteroatoms. The fourth-order valence-electron chi connectivity index (χ4n) is 1.27. The molecule has 92 valence electrons. The van der Waals surface area contributed by atoms with Crippen LogP contribution in [0, 0.1) is 0 Å². The average molecular weight is 254 g/mol. The molecule has 4 nitrogen and oxygen atoms in total. The Morgan fingerprint density at radius 1 is 1.35 bits per heavy atom. The lowest BCUT2D eigenvalue weighted by molar-refractivity contribution is -0.140. The zero-order valence-electron chi connectivity index (χ0n) is 9.67. The van der Waals surface area contributed by atoms with E-state index in [-0.39, 0.29) is 16.8 Å². The SMILES string of the molecule is CCC(Sc1ccc(C(=O)O)cc1)C(=O)OC. The summed E-state index contributed by atoms with van der Waals surface area (Å²) in [6.07, 6.45) is 0.665. The van der Waals surface area contributed by atoms with E-state index >= 15 is 0 Å². The van der Waals surface area contributed by atoms with Crippen LogP contribution in [0.4, 0.5) is 0 Å². The maximum absolute atomic E-state index is 11.4. The summed E-state index contributed by atoms with van der Waals surface area (Å²) in [5, 5.41) is 8.50. The van der Waals surface area contributed by atoms with Crippen molar-refractivity contribution in [1.82, 2.24) is 0 Å². The number of hydrogen-bond donors (Lipinski definition) is 1. The van der Waals surface area contributed by atoms with Crippen molar-refractivity contribution in [1.29, 1.82) is 0 Å². The number of esters is 1. The van der Waals surface area contributed by atoms with Gasteiger partial charge in [-0.25, -0.2) is 4.79 Å². The molecule has 0 bridgehead atoms. The first-order chi connectivity index (χ1) is 8.08. The summed E-state index contributed by atoms with van der Waals surface area (Å²) < 4.78 is 4.68. The third kappa shape index (κ3) is 3.78. The smallest absolute Gasteiger partial charge is 0.335 e. The fraction of sp³-hybridized carbons (Fsp3) is 0.333. The second kappa shape index (κ2) is 6.30. The number of benzene rings is 1. The van der Waals surface area contributed by atoms with Crippen LogP contribution >= 0.6 is 11.8 Å². The number of carbonyl (C=O) groups excluding carboxylic acids is 1. The highest BCUT2D eigenvalue weighted by atomic mass is 32.2. The lowest BCUT2D eigenvalue weighted by Crippen LogP contribution is -2.17. The molecular formula is C12H14O4S. The third-order valence-electron chi connectivity index (χ3n) is 2.21. The van der Waals surface area contributed by atoms with Crippen LogP contribution in [0.15, 0.2) is 29.2 Å². The lowest BCUT2D eigenvalue weighted by atomic mass is 10.2. The molecule has 0 amide bonds. The van der Waals surface area contributed by atoms with Gasteiger partial charge >= 0.3 is 11.9 Å². The van der Waals surface area contributed by atoms with E-state index in [1.54, 1.807) is 12.1 Å². The first-order valence-corrected chi connectivity index (χ1v) is 6.04. The summed E-state index contributed by atoms with van der Waals surface area (Å²) in [5.74, 6) is -1.22. The number of carboxylic acids is 1. The Bertz CT molecular complexity index is 399. The van der Waals surface area contributed by atoms with Gasteiger partial charge in [0.2, 0.25) is 0 Å². The molecule has 1 N–H and O–H groups in total. The van der Waals surface area contributed by atoms with E-state index in [0.29, 0.717) is 6.42 Å². The van der Waals surface area contributed by atoms with Crippen molar-refractivity contribution >= 4 is 23.7 Å². The Hall–Kier alpha value is -1.49. The molecule has 1 aromatic rings. The molecule has 0 aromatic heterocycles. The highest BCUT2D eigenvalue weighted by Crippen LogP contribution is 2.26. The number of thioether (sulfide) groups is 1. The first-order valence-electron chi connectivity index (χ1n) is 5.16. The summed E-state index contributed by atoms with van der Waals surface area (Å²) in [5.41, 5.74) is 0.237. The largest absolute Gasteiger partial charge is 0.478 e. The Morgan fingerprint density at radius 3 is 2.35 bits per heavy atom. The molecule has 17 heavy (non-hydrogen) atoms. The van der Waals surface area contributed by atoms with Gasteiger partial charge in [0, 0.05) is 4.90 Å². The maximum Gasteiger partial charge on any atom is 0.335 e. The van der Waals surface area contributed by atoms with Crippen LogP contribution in [0.1, 0.15) is 23.7 Å². The molecule has 0 saturated carbocycles. The van der Waals surface area contributed by atoms with Gasteiger partial charge in [-0.3, -0.25) is 4.79 Å². The molecule has 1 atom stereocenters. The third-order valence-corrected chi connectivity index (χ3v) is 3.57. The van der Waals surface area contributed by atoms with Crippen LogP contribution in [0.25, 0.3) is 0 Å². The minimum atomic E-state index is -0.957. The number of methoxy groups -OCH3 is 1. The van der Waals surface area contributed by atoms with Crippen molar-refractivity contribution in [3.05, 3.63) is 29.8 Å². The van der Waals surface area contributed by atoms with Crippen molar-refractivity contribution < 1.29 is 19.4 Å². The summed E-state index contributed by atoms with van der Waals surface area (Å²) in [7, 11) is 1.36. The number of hydrogen-bond acceptors (Lipinski definition) is 4. The van der Waals surface area contributed by atoms with Gasteiger partial charge in [-0.1, -0.05) is 6.92 Å². The van der Waals surface area contributed by atoms with Crippen molar-refractivity contribution in [2.75, 3.05) is 7.11 Å². The standard InChI is InChI=1S/C12H14O4S/c1-3-10(12(15)16-2)17-9-6-4-8(5-7-9)11(13)14/h4-7,10H,3H2,1-2H3,(H,13,14). The second-order valence-corrected chi connectivity index (χ2v) is 4.64. The molecule has 0 radical (unpaired) electrons. The molecule has 0 aliphatic heterocycles. The van der Waals surface area contributed by atoms with E-state index < -0.39 is 5.97 Å². The molecule has 0 fully saturated rings. The lowest BCUT2D eigenvalue weighted by Gasteiger charge is -2.11. The highest BCUT2D eigenvalue weighted by molar-refractivity contribution is 8.00. The van der Waals surface area contributed by atoms with E-state index in [2.05, 4.69) is 4.74 Å². The van der Waals surface area contributed by atoms with Crippen molar-refractivity contribution in [3.63, 3.8) is 0 Å². The van der Waals surface area contributed by atoms with Gasteiger partial charge in [0.25, 0.3) is 0 Å². The van der Waals surface area contributed by atoms with Crippen LogP contribution in [-0.2, 0) is 9.53 Å². The first kappa shape index (κ1) is 13.6. The molecule has 0 heterocycles. The Labute approximate surface area is 104 Å². The highest BCUT2D eigenvalue weighted by Gasteiger charge is 2.18. The number of rotatable bonds is 5. The van der Waals surface area contributed by atoms with Gasteiger partial charge in [-0.2, -0.15) is 0 Å². The van der Waals surface area contributed by atoms with E-state index in [1.165, 1.54) is 31.0 Å². The summed E-state index contributed by atoms with van der Waals surface area (Å²) in [6, 6.07) is 6.43. The monoisotopic (exact) mass is 254 g/mol. The molecule has 0 aliphatic carbocycles. The Balaban J connectivity index is 2.74. The summed E-state index contributed by atoms with van der Waals surface area (Å²) in [4.78, 5) is 22.9. The second-order valence-electron chi connectivity index (χ2n) is 3.37. The quantitative estimate of drug-likeness (QED) is 0.646. The zero-order valence-corrected chi connectivity index (χ0v) is 10.5. The number of carbonyl (C=O) groups is 2. The van der Waals surface area contributed by atoms with Crippen molar-refractivity contribution in [2.24, 2.45) is 0 Å². The van der Waals surface area contributed by atoms with Crippen LogP contribution in [-0.4, -0.2) is 29.4 Å². The van der Waals surface area contributed by atoms with Crippen LogP contribution in [0.2, 0.25) is 0 Å². The maximum atomic E-state index is 11.4. The van der Waals surface area contributed by atoms with Crippen LogP contribution in [0.3, 0.4) is 0 Å². The summed E-state index contributed by atoms with van der Waals surface area (Å²) >= 11 is 1.37. The zero-order chi connectivity index (χ0) is 12.8. The molecule has 1 rings (SSSR count). The van der Waals surface area contributed by atoms with Gasteiger partial charge in [0.1, 0.15) is 5.25 Å². The molecular weight excluding hydrogens is 240 g/mol. The van der Waals surface area contributed by atoms with E-state index in [9.17, 15) is 9.59 Å². The van der Waals surface area contributed by atoms with E-state index in [1.807, 2.05) is 6.92 Å². The minimum Gasteiger partial charge on any atom is -0.478 e. The molecule has 1 aromatic carbocycles. The van der Waals surface area contributed by atoms with E-state index in [0.717, 1.165) is 4.90 Å². The number of aromatic carboxylic acids is 1. The Morgan fingerprint density at radius 2 is 1.94 bits per heavy atom. The van der Waals surface area contributed by atoms with Crippen molar-refractivity contribution in [2.45, 2.75) is 23.5 Å². The predicted octanol–water partition coefficient (Wildman–Crippen LogP) is 2.43. The Kier molecular flexibility index (Phi) is 5.03. The normalized spacial score (nSPS) is 11.9. The molecule has 0 saturated heterocycles. The number of carboxylic acid groups (broad SMARTS) is 1. The molecule has 0 spiro atoms. The van der Waals surface area contributed by atoms with Gasteiger partial charge in [0.05, 0.1) is 12.7 Å². The van der Waals surface area contributed by atoms with Crippen LogP contribution in [0.5, 0.6) is 0 Å². The fourth-order valence-corrected chi connectivity index (χ4v) is 2.25.